The first-order valence-corrected chi connectivity index (χ1v) is 7.74. The summed E-state index contributed by atoms with van der Waals surface area (Å²) in [4.78, 5) is 11.0. The molecule has 6 nitrogen and oxygen atoms in total. The van der Waals surface area contributed by atoms with E-state index in [9.17, 15) is 13.2 Å². The van der Waals surface area contributed by atoms with E-state index in [0.29, 0.717) is 4.47 Å². The van der Waals surface area contributed by atoms with Crippen LogP contribution in [0.2, 0.25) is 0 Å². The molecule has 1 saturated heterocycles. The molecule has 0 amide bonds. The predicted molar refractivity (Wildman–Crippen MR) is 70.3 cm³/mol. The van der Waals surface area contributed by atoms with Gasteiger partial charge in [0, 0.05) is 11.0 Å². The highest BCUT2D eigenvalue weighted by Crippen LogP contribution is 2.21. The summed E-state index contributed by atoms with van der Waals surface area (Å²) in [7, 11) is -3.69. The second kappa shape index (κ2) is 5.58. The molecule has 1 aliphatic rings. The molecule has 1 N–H and O–H groups in total. The average molecular weight is 350 g/mol. The standard InChI is InChI=1S/C11H12BrNO5S/c12-8-2-1-3-9(6-8)19(16,17)13-4-5-18-10(7-13)11(14)15/h1-3,6,10H,4-5,7H2,(H,14,15). The Kier molecular flexibility index (Phi) is 4.24. The highest BCUT2D eigenvalue weighted by atomic mass is 79.9. The van der Waals surface area contributed by atoms with E-state index in [1.54, 1.807) is 12.1 Å². The highest BCUT2D eigenvalue weighted by molar-refractivity contribution is 9.10. The number of sulfonamides is 1. The molecule has 8 heteroatoms. The van der Waals surface area contributed by atoms with Crippen LogP contribution in [0.4, 0.5) is 0 Å². The summed E-state index contributed by atoms with van der Waals surface area (Å²) in [6.45, 7) is 0.0486. The molecule has 1 aliphatic heterocycles. The van der Waals surface area contributed by atoms with Gasteiger partial charge < -0.3 is 9.84 Å². The Hall–Kier alpha value is -0.960. The van der Waals surface area contributed by atoms with E-state index in [1.807, 2.05) is 0 Å². The second-order valence-electron chi connectivity index (χ2n) is 4.02. The molecule has 1 aromatic rings. The van der Waals surface area contributed by atoms with Crippen LogP contribution in [0, 0.1) is 0 Å². The minimum atomic E-state index is -3.69. The number of hydrogen-bond donors (Lipinski definition) is 1. The fourth-order valence-corrected chi connectivity index (χ4v) is 3.79. The predicted octanol–water partition coefficient (Wildman–Crippen LogP) is 0.923. The number of ether oxygens (including phenoxy) is 1. The van der Waals surface area contributed by atoms with Gasteiger partial charge in [-0.1, -0.05) is 22.0 Å². The van der Waals surface area contributed by atoms with E-state index in [0.717, 1.165) is 4.31 Å². The van der Waals surface area contributed by atoms with Gasteiger partial charge in [0.1, 0.15) is 0 Å². The summed E-state index contributed by atoms with van der Waals surface area (Å²) >= 11 is 3.21. The van der Waals surface area contributed by atoms with E-state index in [1.165, 1.54) is 12.1 Å². The molecule has 1 heterocycles. The van der Waals surface area contributed by atoms with Crippen LogP contribution in [0.5, 0.6) is 0 Å². The van der Waals surface area contributed by atoms with Crippen molar-refractivity contribution in [3.8, 4) is 0 Å². The van der Waals surface area contributed by atoms with Crippen LogP contribution >= 0.6 is 15.9 Å². The van der Waals surface area contributed by atoms with Crippen LogP contribution in [-0.2, 0) is 19.6 Å². The van der Waals surface area contributed by atoms with Gasteiger partial charge in [0.2, 0.25) is 10.0 Å². The average Bonchev–Trinajstić information content (AvgIpc) is 2.39. The molecule has 0 aromatic heterocycles. The summed E-state index contributed by atoms with van der Waals surface area (Å²) in [5.41, 5.74) is 0. The molecule has 0 saturated carbocycles. The number of benzene rings is 1. The minimum Gasteiger partial charge on any atom is -0.479 e. The maximum absolute atomic E-state index is 12.4. The number of halogens is 1. The Labute approximate surface area is 119 Å². The molecule has 1 unspecified atom stereocenters. The van der Waals surface area contributed by atoms with Gasteiger partial charge in [-0.2, -0.15) is 4.31 Å². The lowest BCUT2D eigenvalue weighted by Crippen LogP contribution is -2.48. The summed E-state index contributed by atoms with van der Waals surface area (Å²) in [6.07, 6.45) is -1.12. The Morgan fingerprint density at radius 1 is 1.47 bits per heavy atom. The third kappa shape index (κ3) is 3.14. The molecule has 104 valence electrons. The van der Waals surface area contributed by atoms with Crippen molar-refractivity contribution in [2.24, 2.45) is 0 Å². The zero-order valence-corrected chi connectivity index (χ0v) is 12.2. The van der Waals surface area contributed by atoms with Crippen LogP contribution in [-0.4, -0.2) is 49.6 Å². The lowest BCUT2D eigenvalue weighted by molar-refractivity contribution is -0.153. The third-order valence-corrected chi connectivity index (χ3v) is 5.09. The molecular weight excluding hydrogens is 338 g/mol. The van der Waals surface area contributed by atoms with Crippen molar-refractivity contribution in [2.75, 3.05) is 19.7 Å². The Bertz CT molecular complexity index is 589. The number of morpholine rings is 1. The van der Waals surface area contributed by atoms with Gasteiger partial charge in [0.15, 0.2) is 6.10 Å². The number of carbonyl (C=O) groups is 1. The van der Waals surface area contributed by atoms with Crippen LogP contribution in [0.1, 0.15) is 0 Å². The van der Waals surface area contributed by atoms with Gasteiger partial charge in [0.05, 0.1) is 18.0 Å². The Morgan fingerprint density at radius 2 is 2.21 bits per heavy atom. The van der Waals surface area contributed by atoms with Gasteiger partial charge >= 0.3 is 5.97 Å². The van der Waals surface area contributed by atoms with Crippen LogP contribution in [0.25, 0.3) is 0 Å². The molecule has 1 aromatic carbocycles. The smallest absolute Gasteiger partial charge is 0.334 e. The van der Waals surface area contributed by atoms with Crippen LogP contribution in [0.15, 0.2) is 33.6 Å². The monoisotopic (exact) mass is 349 g/mol. The van der Waals surface area contributed by atoms with Crippen molar-refractivity contribution in [3.05, 3.63) is 28.7 Å². The topological polar surface area (TPSA) is 83.9 Å². The molecule has 1 atom stereocenters. The van der Waals surface area contributed by atoms with Crippen molar-refractivity contribution in [2.45, 2.75) is 11.0 Å². The fourth-order valence-electron chi connectivity index (χ4n) is 1.77. The number of nitrogens with zero attached hydrogens (tertiary/aromatic N) is 1. The van der Waals surface area contributed by atoms with E-state index < -0.39 is 22.1 Å². The number of aliphatic carboxylic acids is 1. The fraction of sp³-hybridized carbons (Fsp3) is 0.364. The zero-order chi connectivity index (χ0) is 14.0. The molecule has 19 heavy (non-hydrogen) atoms. The summed E-state index contributed by atoms with van der Waals surface area (Å²) < 4.78 is 31.5. The molecular formula is C11H12BrNO5S. The van der Waals surface area contributed by atoms with Gasteiger partial charge in [-0.05, 0) is 18.2 Å². The van der Waals surface area contributed by atoms with Crippen molar-refractivity contribution in [3.63, 3.8) is 0 Å². The highest BCUT2D eigenvalue weighted by Gasteiger charge is 2.33. The summed E-state index contributed by atoms with van der Waals surface area (Å²) in [6, 6.07) is 6.30. The number of carboxylic acid groups (broad SMARTS) is 1. The van der Waals surface area contributed by atoms with E-state index in [4.69, 9.17) is 9.84 Å². The van der Waals surface area contributed by atoms with Crippen molar-refractivity contribution in [1.29, 1.82) is 0 Å². The third-order valence-electron chi connectivity index (χ3n) is 2.74. The SMILES string of the molecule is O=C(O)C1CN(S(=O)(=O)c2cccc(Br)c2)CCO1. The number of rotatable bonds is 3. The quantitative estimate of drug-likeness (QED) is 0.877. The maximum Gasteiger partial charge on any atom is 0.334 e. The maximum atomic E-state index is 12.4. The molecule has 1 fully saturated rings. The van der Waals surface area contributed by atoms with Crippen molar-refractivity contribution in [1.82, 2.24) is 4.31 Å². The summed E-state index contributed by atoms with van der Waals surface area (Å²) in [5, 5.41) is 8.88. The van der Waals surface area contributed by atoms with Crippen LogP contribution < -0.4 is 0 Å². The summed E-state index contributed by atoms with van der Waals surface area (Å²) in [5.74, 6) is -1.16. The molecule has 0 bridgehead atoms. The van der Waals surface area contributed by atoms with Crippen LogP contribution in [0.3, 0.4) is 0 Å². The second-order valence-corrected chi connectivity index (χ2v) is 6.87. The first-order chi connectivity index (χ1) is 8.91. The van der Waals surface area contributed by atoms with E-state index in [2.05, 4.69) is 15.9 Å². The van der Waals surface area contributed by atoms with E-state index >= 15 is 0 Å². The number of hydrogen-bond acceptors (Lipinski definition) is 4. The minimum absolute atomic E-state index is 0.0736. The van der Waals surface area contributed by atoms with Crippen molar-refractivity contribution >= 4 is 31.9 Å². The molecule has 2 rings (SSSR count). The largest absolute Gasteiger partial charge is 0.479 e. The van der Waals surface area contributed by atoms with E-state index in [-0.39, 0.29) is 24.6 Å². The molecule has 0 radical (unpaired) electrons. The normalized spacial score (nSPS) is 21.2. The molecule has 0 aliphatic carbocycles. The number of carboxylic acids is 1. The zero-order valence-electron chi connectivity index (χ0n) is 9.82. The molecule has 0 spiro atoms. The first kappa shape index (κ1) is 14.4. The lowest BCUT2D eigenvalue weighted by Gasteiger charge is -2.30. The lowest BCUT2D eigenvalue weighted by atomic mass is 10.3. The van der Waals surface area contributed by atoms with Gasteiger partial charge in [-0.3, -0.25) is 0 Å². The Morgan fingerprint density at radius 3 is 2.84 bits per heavy atom. The Balaban J connectivity index is 2.27. The van der Waals surface area contributed by atoms with Gasteiger partial charge in [0.25, 0.3) is 0 Å². The van der Waals surface area contributed by atoms with Gasteiger partial charge in [-0.25, -0.2) is 13.2 Å². The van der Waals surface area contributed by atoms with Gasteiger partial charge in [-0.15, -0.1) is 0 Å². The van der Waals surface area contributed by atoms with Crippen molar-refractivity contribution < 1.29 is 23.1 Å². The first-order valence-electron chi connectivity index (χ1n) is 5.51.